The molecular formula is C68H54O. The Morgan fingerprint density at radius 3 is 0.681 bits per heavy atom. The molecule has 1 aliphatic heterocycles. The third-order valence-electron chi connectivity index (χ3n) is 16.4. The van der Waals surface area contributed by atoms with E-state index < -0.39 is 32.7 Å². The Hall–Kier alpha value is -7.84. The van der Waals surface area contributed by atoms with Crippen LogP contribution in [0.4, 0.5) is 0 Å². The molecule has 1 nitrogen and oxygen atoms in total. The predicted octanol–water partition coefficient (Wildman–Crippen LogP) is 15.2. The summed E-state index contributed by atoms with van der Waals surface area (Å²) < 4.78 is 8.57. The van der Waals surface area contributed by atoms with Crippen LogP contribution in [0, 0.1) is 0 Å². The second-order valence-corrected chi connectivity index (χ2v) is 18.8. The number of ether oxygens (including phenoxy) is 1. The van der Waals surface area contributed by atoms with Gasteiger partial charge in [0.2, 0.25) is 0 Å². The van der Waals surface area contributed by atoms with E-state index in [2.05, 4.69) is 303 Å². The van der Waals surface area contributed by atoms with Gasteiger partial charge in [-0.2, -0.15) is 0 Å². The van der Waals surface area contributed by atoms with Crippen molar-refractivity contribution < 1.29 is 4.74 Å². The molecule has 1 saturated carbocycles. The molecule has 69 heavy (non-hydrogen) atoms. The van der Waals surface area contributed by atoms with Gasteiger partial charge in [0.15, 0.2) is 0 Å². The van der Waals surface area contributed by atoms with Crippen molar-refractivity contribution in [3.8, 4) is 0 Å². The van der Waals surface area contributed by atoms with Crippen LogP contribution in [0.15, 0.2) is 303 Å². The molecule has 1 heterocycles. The molecule has 12 rings (SSSR count). The summed E-state index contributed by atoms with van der Waals surface area (Å²) in [6, 6.07) is 115. The highest BCUT2D eigenvalue weighted by atomic mass is 16.5. The maximum Gasteiger partial charge on any atom is 0.119 e. The summed E-state index contributed by atoms with van der Waals surface area (Å²) in [5.74, 6) is 0. The number of hydrogen-bond donors (Lipinski definition) is 0. The van der Waals surface area contributed by atoms with Crippen molar-refractivity contribution in [2.75, 3.05) is 6.61 Å². The molecule has 10 aromatic carbocycles. The number of benzene rings is 10. The van der Waals surface area contributed by atoms with Gasteiger partial charge >= 0.3 is 0 Å². The lowest BCUT2D eigenvalue weighted by atomic mass is 9.19. The van der Waals surface area contributed by atoms with Crippen molar-refractivity contribution in [2.24, 2.45) is 0 Å². The van der Waals surface area contributed by atoms with Gasteiger partial charge in [0.25, 0.3) is 0 Å². The first kappa shape index (κ1) is 42.5. The fourth-order valence-corrected chi connectivity index (χ4v) is 14.9. The van der Waals surface area contributed by atoms with Gasteiger partial charge in [-0.15, -0.1) is 0 Å². The monoisotopic (exact) mass is 886 g/mol. The molecule has 1 aliphatic carbocycles. The molecule has 10 aromatic rings. The zero-order valence-corrected chi connectivity index (χ0v) is 38.7. The molecule has 1 heteroatoms. The van der Waals surface area contributed by atoms with Crippen molar-refractivity contribution in [1.82, 2.24) is 0 Å². The molecule has 2 aliphatic rings. The first-order valence-corrected chi connectivity index (χ1v) is 24.5. The van der Waals surface area contributed by atoms with E-state index in [1.807, 2.05) is 0 Å². The summed E-state index contributed by atoms with van der Waals surface area (Å²) in [5, 5.41) is 0. The lowest BCUT2D eigenvalue weighted by Gasteiger charge is -2.81. The van der Waals surface area contributed by atoms with Gasteiger partial charge in [-0.25, -0.2) is 0 Å². The zero-order valence-electron chi connectivity index (χ0n) is 38.7. The third kappa shape index (κ3) is 5.40. The lowest BCUT2D eigenvalue weighted by molar-refractivity contribution is -0.186. The Bertz CT molecular complexity index is 2870. The number of fused-ring (bicyclic) bond motifs is 1. The Kier molecular flexibility index (Phi) is 10.5. The van der Waals surface area contributed by atoms with Gasteiger partial charge in [0.1, 0.15) is 5.60 Å². The predicted molar refractivity (Wildman–Crippen MR) is 281 cm³/mol. The van der Waals surface area contributed by atoms with E-state index in [0.717, 1.165) is 5.56 Å². The minimum absolute atomic E-state index is 0.492. The quantitative estimate of drug-likeness (QED) is 0.133. The van der Waals surface area contributed by atoms with Gasteiger partial charge in [0.05, 0.1) is 10.8 Å². The fourth-order valence-electron chi connectivity index (χ4n) is 14.9. The summed E-state index contributed by atoms with van der Waals surface area (Å²) in [5.41, 5.74) is 5.45. The van der Waals surface area contributed by atoms with Gasteiger partial charge in [-0.1, -0.05) is 303 Å². The van der Waals surface area contributed by atoms with E-state index in [1.54, 1.807) is 0 Å². The maximum absolute atomic E-state index is 8.57. The molecule has 2 unspecified atom stereocenters. The van der Waals surface area contributed by atoms with E-state index in [-0.39, 0.29) is 0 Å². The molecular weight excluding hydrogens is 833 g/mol. The summed E-state index contributed by atoms with van der Waals surface area (Å²) in [7, 11) is 0. The molecule has 2 fully saturated rings. The molecule has 2 atom stereocenters. The van der Waals surface area contributed by atoms with Gasteiger partial charge in [-0.05, 0) is 62.1 Å². The molecule has 0 spiro atoms. The fraction of sp³-hybridized carbons (Fsp3) is 0.118. The van der Waals surface area contributed by atoms with Crippen molar-refractivity contribution in [1.29, 1.82) is 0 Å². The van der Waals surface area contributed by atoms with Crippen LogP contribution in [0.3, 0.4) is 0 Å². The summed E-state index contributed by atoms with van der Waals surface area (Å²) in [4.78, 5) is 0. The standard InChI is InChI=1S/C68H54O/c1-11-31-53(32-12-1)63-51-52-69-68(63,62-49-29-10-30-50-62)67(60-45-25-8-26-46-60,61-47-27-9-28-48-61)66(58-41-21-6-22-42-58,59-43-23-7-24-44-59)65(56-37-17-4-18-38-56,57-39-19-5-20-40-57)64(63,54-33-13-2-14-34-54)55-35-15-3-16-36-55/h1-50H,51-52H2. The topological polar surface area (TPSA) is 9.23 Å². The highest BCUT2D eigenvalue weighted by Gasteiger charge is 2.91. The molecule has 0 N–H and O–H groups in total. The Balaban J connectivity index is 1.58. The lowest BCUT2D eigenvalue weighted by Crippen LogP contribution is -2.87. The van der Waals surface area contributed by atoms with Crippen LogP contribution in [-0.2, 0) is 37.4 Å². The van der Waals surface area contributed by atoms with Crippen LogP contribution < -0.4 is 0 Å². The van der Waals surface area contributed by atoms with Gasteiger partial charge in [-0.3, -0.25) is 0 Å². The number of rotatable bonds is 10. The van der Waals surface area contributed by atoms with Crippen LogP contribution in [0.1, 0.15) is 62.1 Å². The summed E-state index contributed by atoms with van der Waals surface area (Å²) >= 11 is 0. The molecule has 0 aromatic heterocycles. The van der Waals surface area contributed by atoms with Crippen LogP contribution in [-0.4, -0.2) is 6.61 Å². The van der Waals surface area contributed by atoms with Crippen LogP contribution >= 0.6 is 0 Å². The van der Waals surface area contributed by atoms with Crippen LogP contribution in [0.5, 0.6) is 0 Å². The van der Waals surface area contributed by atoms with Crippen LogP contribution in [0.2, 0.25) is 0 Å². The Morgan fingerprint density at radius 2 is 0.406 bits per heavy atom. The second kappa shape index (κ2) is 17.0. The van der Waals surface area contributed by atoms with Crippen molar-refractivity contribution in [2.45, 2.75) is 39.1 Å². The van der Waals surface area contributed by atoms with Crippen molar-refractivity contribution >= 4 is 0 Å². The molecule has 332 valence electrons. The smallest absolute Gasteiger partial charge is 0.119 e. The summed E-state index contributed by atoms with van der Waals surface area (Å²) in [6.45, 7) is 0.492. The highest BCUT2D eigenvalue weighted by molar-refractivity contribution is 5.78. The zero-order chi connectivity index (χ0) is 46.3. The second-order valence-electron chi connectivity index (χ2n) is 18.8. The van der Waals surface area contributed by atoms with E-state index in [1.165, 1.54) is 50.1 Å². The van der Waals surface area contributed by atoms with E-state index in [9.17, 15) is 0 Å². The first-order valence-electron chi connectivity index (χ1n) is 24.5. The average molecular weight is 887 g/mol. The average Bonchev–Trinajstić information content (AvgIpc) is 3.87. The minimum Gasteiger partial charge on any atom is -0.368 e. The maximum atomic E-state index is 8.57. The number of hydrogen-bond acceptors (Lipinski definition) is 1. The minimum atomic E-state index is -1.20. The first-order chi connectivity index (χ1) is 34.3. The van der Waals surface area contributed by atoms with Crippen molar-refractivity contribution in [3.63, 3.8) is 0 Å². The normalized spacial score (nSPS) is 20.6. The van der Waals surface area contributed by atoms with Crippen molar-refractivity contribution in [3.05, 3.63) is 359 Å². The van der Waals surface area contributed by atoms with Gasteiger partial charge < -0.3 is 4.74 Å². The highest BCUT2D eigenvalue weighted by Crippen LogP contribution is 2.86. The SMILES string of the molecule is c1ccc(C23CCOC2(c2ccccc2)C(c2ccccc2)(c2ccccc2)C(c2ccccc2)(c2ccccc2)C(c2ccccc2)(c2ccccc2)C3(c2ccccc2)c2ccccc2)cc1. The summed E-state index contributed by atoms with van der Waals surface area (Å²) in [6.07, 6.45) is 0.693. The molecule has 1 saturated heterocycles. The molecule has 0 amide bonds. The van der Waals surface area contributed by atoms with E-state index >= 15 is 0 Å². The largest absolute Gasteiger partial charge is 0.368 e. The van der Waals surface area contributed by atoms with Gasteiger partial charge in [0, 0.05) is 22.9 Å². The Labute approximate surface area is 407 Å². The third-order valence-corrected chi connectivity index (χ3v) is 16.4. The molecule has 0 radical (unpaired) electrons. The molecule has 0 bridgehead atoms. The Morgan fingerprint density at radius 1 is 0.203 bits per heavy atom. The van der Waals surface area contributed by atoms with E-state index in [4.69, 9.17) is 4.74 Å². The van der Waals surface area contributed by atoms with Crippen LogP contribution in [0.25, 0.3) is 0 Å². The van der Waals surface area contributed by atoms with E-state index in [0.29, 0.717) is 13.0 Å².